The maximum Gasteiger partial charge on any atom is 0.336 e. The van der Waals surface area contributed by atoms with Crippen LogP contribution in [-0.2, 0) is 0 Å². The minimum absolute atomic E-state index is 0.0301. The van der Waals surface area contributed by atoms with Gasteiger partial charge in [-0.25, -0.2) is 4.79 Å². The summed E-state index contributed by atoms with van der Waals surface area (Å²) < 4.78 is 0. The quantitative estimate of drug-likeness (QED) is 0.741. The first kappa shape index (κ1) is 13.1. The Morgan fingerprint density at radius 3 is 1.81 bits per heavy atom. The Morgan fingerprint density at radius 1 is 0.714 bits per heavy atom. The van der Waals surface area contributed by atoms with Crippen molar-refractivity contribution in [2.45, 2.75) is 0 Å². The van der Waals surface area contributed by atoms with E-state index in [9.17, 15) is 14.7 Å². The lowest BCUT2D eigenvalue weighted by Gasteiger charge is -2.08. The van der Waals surface area contributed by atoms with E-state index in [1.54, 1.807) is 36.4 Å². The topological polar surface area (TPSA) is 54.4 Å². The minimum atomic E-state index is -1.10. The van der Waals surface area contributed by atoms with Crippen molar-refractivity contribution < 1.29 is 14.7 Å². The molecule has 0 spiro atoms. The summed E-state index contributed by atoms with van der Waals surface area (Å²) in [5.41, 5.74) is 0.727. The molecule has 0 heterocycles. The van der Waals surface area contributed by atoms with Gasteiger partial charge in [-0.1, -0.05) is 54.6 Å². The molecule has 3 aromatic rings. The largest absolute Gasteiger partial charge is 0.478 e. The van der Waals surface area contributed by atoms with Crippen molar-refractivity contribution in [3.63, 3.8) is 0 Å². The van der Waals surface area contributed by atoms with E-state index in [0.717, 1.165) is 10.8 Å². The fourth-order valence-corrected chi connectivity index (χ4v) is 2.35. The van der Waals surface area contributed by atoms with E-state index in [1.807, 2.05) is 30.3 Å². The summed E-state index contributed by atoms with van der Waals surface area (Å²) in [5.74, 6) is -1.38. The van der Waals surface area contributed by atoms with Gasteiger partial charge in [0.15, 0.2) is 5.78 Å². The molecule has 0 aliphatic rings. The van der Waals surface area contributed by atoms with Gasteiger partial charge in [0.25, 0.3) is 0 Å². The number of hydrogen-bond acceptors (Lipinski definition) is 2. The summed E-state index contributed by atoms with van der Waals surface area (Å²) in [5, 5.41) is 11.0. The van der Waals surface area contributed by atoms with Crippen LogP contribution in [0.25, 0.3) is 10.8 Å². The lowest BCUT2D eigenvalue weighted by Crippen LogP contribution is -2.09. The van der Waals surface area contributed by atoms with E-state index < -0.39 is 5.97 Å². The van der Waals surface area contributed by atoms with Crippen LogP contribution in [0.2, 0.25) is 0 Å². The molecule has 0 aromatic heterocycles. The number of benzene rings is 3. The van der Waals surface area contributed by atoms with Gasteiger partial charge in [-0.3, -0.25) is 4.79 Å². The maximum atomic E-state index is 12.6. The Hall–Kier alpha value is -2.94. The number of rotatable bonds is 3. The molecule has 0 radical (unpaired) electrons. The fourth-order valence-electron chi connectivity index (χ4n) is 2.35. The summed E-state index contributed by atoms with van der Waals surface area (Å²) in [6.45, 7) is 0. The smallest absolute Gasteiger partial charge is 0.336 e. The van der Waals surface area contributed by atoms with Crippen LogP contribution in [0.15, 0.2) is 66.7 Å². The second-order valence-corrected chi connectivity index (χ2v) is 4.75. The average molecular weight is 276 g/mol. The number of ketones is 1. The van der Waals surface area contributed by atoms with Crippen LogP contribution in [0.1, 0.15) is 26.3 Å². The predicted octanol–water partition coefficient (Wildman–Crippen LogP) is 3.77. The Kier molecular flexibility index (Phi) is 3.24. The predicted molar refractivity (Wildman–Crippen MR) is 80.8 cm³/mol. The summed E-state index contributed by atoms with van der Waals surface area (Å²) in [7, 11) is 0. The molecule has 1 N–H and O–H groups in total. The summed E-state index contributed by atoms with van der Waals surface area (Å²) in [6, 6.07) is 19.3. The van der Waals surface area contributed by atoms with Crippen LogP contribution in [-0.4, -0.2) is 16.9 Å². The molecule has 0 aliphatic carbocycles. The standard InChI is InChI=1S/C18H12O3/c19-17(12-6-2-1-3-7-12)15-10-13-8-4-5-9-14(13)11-16(15)18(20)21/h1-11H,(H,20,21). The molecule has 21 heavy (non-hydrogen) atoms. The highest BCUT2D eigenvalue weighted by molar-refractivity contribution is 6.16. The van der Waals surface area contributed by atoms with Gasteiger partial charge < -0.3 is 5.11 Å². The lowest BCUT2D eigenvalue weighted by atomic mass is 9.95. The van der Waals surface area contributed by atoms with Gasteiger partial charge in [0, 0.05) is 11.1 Å². The molecule has 0 saturated carbocycles. The first-order valence-electron chi connectivity index (χ1n) is 6.52. The highest BCUT2D eigenvalue weighted by atomic mass is 16.4. The normalized spacial score (nSPS) is 10.5. The molecule has 0 unspecified atom stereocenters. The molecule has 3 rings (SSSR count). The third kappa shape index (κ3) is 2.41. The number of fused-ring (bicyclic) bond motifs is 1. The number of carboxylic acid groups (broad SMARTS) is 1. The Morgan fingerprint density at radius 2 is 1.24 bits per heavy atom. The average Bonchev–Trinajstić information content (AvgIpc) is 2.53. The van der Waals surface area contributed by atoms with E-state index in [1.165, 1.54) is 0 Å². The van der Waals surface area contributed by atoms with Crippen molar-refractivity contribution in [3.8, 4) is 0 Å². The monoisotopic (exact) mass is 276 g/mol. The number of carboxylic acids is 1. The molecular weight excluding hydrogens is 264 g/mol. The molecule has 3 nitrogen and oxygen atoms in total. The maximum absolute atomic E-state index is 12.6. The van der Waals surface area contributed by atoms with Crippen LogP contribution in [0, 0.1) is 0 Å². The van der Waals surface area contributed by atoms with Crippen LogP contribution in [0.4, 0.5) is 0 Å². The molecule has 0 fully saturated rings. The Bertz CT molecular complexity index is 835. The van der Waals surface area contributed by atoms with Crippen molar-refractivity contribution in [1.29, 1.82) is 0 Å². The van der Waals surface area contributed by atoms with Gasteiger partial charge in [0.2, 0.25) is 0 Å². The van der Waals surface area contributed by atoms with Crippen molar-refractivity contribution in [3.05, 3.63) is 83.4 Å². The van der Waals surface area contributed by atoms with E-state index in [2.05, 4.69) is 0 Å². The van der Waals surface area contributed by atoms with E-state index in [0.29, 0.717) is 5.56 Å². The number of hydrogen-bond donors (Lipinski definition) is 1. The SMILES string of the molecule is O=C(O)c1cc2ccccc2cc1C(=O)c1ccccc1. The minimum Gasteiger partial charge on any atom is -0.478 e. The van der Waals surface area contributed by atoms with Crippen molar-refractivity contribution in [1.82, 2.24) is 0 Å². The highest BCUT2D eigenvalue weighted by Gasteiger charge is 2.18. The van der Waals surface area contributed by atoms with Gasteiger partial charge in [-0.2, -0.15) is 0 Å². The van der Waals surface area contributed by atoms with E-state index >= 15 is 0 Å². The Labute approximate surface area is 121 Å². The zero-order valence-electron chi connectivity index (χ0n) is 11.1. The van der Waals surface area contributed by atoms with E-state index in [4.69, 9.17) is 0 Å². The summed E-state index contributed by atoms with van der Waals surface area (Å²) >= 11 is 0. The molecule has 0 bridgehead atoms. The molecule has 0 atom stereocenters. The number of aromatic carboxylic acids is 1. The molecule has 0 saturated heterocycles. The third-order valence-corrected chi connectivity index (χ3v) is 3.40. The summed E-state index contributed by atoms with van der Waals surface area (Å²) in [4.78, 5) is 24.0. The molecule has 3 heteroatoms. The zero-order valence-corrected chi connectivity index (χ0v) is 11.1. The first-order chi connectivity index (χ1) is 10.2. The van der Waals surface area contributed by atoms with Gasteiger partial charge >= 0.3 is 5.97 Å². The fraction of sp³-hybridized carbons (Fsp3) is 0. The van der Waals surface area contributed by atoms with Crippen molar-refractivity contribution in [2.75, 3.05) is 0 Å². The second-order valence-electron chi connectivity index (χ2n) is 4.75. The van der Waals surface area contributed by atoms with Gasteiger partial charge in [-0.05, 0) is 22.9 Å². The molecular formula is C18H12O3. The van der Waals surface area contributed by atoms with Crippen molar-refractivity contribution in [2.24, 2.45) is 0 Å². The van der Waals surface area contributed by atoms with Crippen LogP contribution in [0.3, 0.4) is 0 Å². The number of carbonyl (C=O) groups is 2. The van der Waals surface area contributed by atoms with Crippen molar-refractivity contribution >= 4 is 22.5 Å². The Balaban J connectivity index is 2.23. The number of carbonyl (C=O) groups excluding carboxylic acids is 1. The third-order valence-electron chi connectivity index (χ3n) is 3.40. The van der Waals surface area contributed by atoms with Gasteiger partial charge in [0.1, 0.15) is 0 Å². The molecule has 0 aliphatic heterocycles. The lowest BCUT2D eigenvalue weighted by molar-refractivity contribution is 0.0693. The van der Waals surface area contributed by atoms with E-state index in [-0.39, 0.29) is 16.9 Å². The molecule has 102 valence electrons. The van der Waals surface area contributed by atoms with Crippen LogP contribution < -0.4 is 0 Å². The first-order valence-corrected chi connectivity index (χ1v) is 6.52. The van der Waals surface area contributed by atoms with Crippen LogP contribution >= 0.6 is 0 Å². The van der Waals surface area contributed by atoms with Gasteiger partial charge in [-0.15, -0.1) is 0 Å². The molecule has 0 amide bonds. The summed E-state index contributed by atoms with van der Waals surface area (Å²) in [6.07, 6.45) is 0. The van der Waals surface area contributed by atoms with Gasteiger partial charge in [0.05, 0.1) is 5.56 Å². The molecule has 3 aromatic carbocycles. The van der Waals surface area contributed by atoms with Crippen LogP contribution in [0.5, 0.6) is 0 Å². The highest BCUT2D eigenvalue weighted by Crippen LogP contribution is 2.22. The zero-order chi connectivity index (χ0) is 14.8. The second kappa shape index (κ2) is 5.21.